The quantitative estimate of drug-likeness (QED) is 0.880. The third-order valence-corrected chi connectivity index (χ3v) is 4.38. The lowest BCUT2D eigenvalue weighted by Gasteiger charge is -2.20. The third-order valence-electron chi connectivity index (χ3n) is 2.82. The number of amides is 1. The van der Waals surface area contributed by atoms with Crippen LogP contribution in [0.15, 0.2) is 15.2 Å². The predicted molar refractivity (Wildman–Crippen MR) is 70.9 cm³/mol. The van der Waals surface area contributed by atoms with Gasteiger partial charge in [-0.2, -0.15) is 0 Å². The van der Waals surface area contributed by atoms with Gasteiger partial charge in [0.15, 0.2) is 0 Å². The molecule has 1 amide bonds. The van der Waals surface area contributed by atoms with Gasteiger partial charge in [-0.1, -0.05) is 0 Å². The molecule has 94 valence electrons. The van der Waals surface area contributed by atoms with Gasteiger partial charge in [-0.3, -0.25) is 4.79 Å². The highest BCUT2D eigenvalue weighted by Gasteiger charge is 2.29. The highest BCUT2D eigenvalue weighted by Crippen LogP contribution is 2.22. The van der Waals surface area contributed by atoms with Crippen LogP contribution in [0.4, 0.5) is 0 Å². The number of likely N-dealkylation sites (N-methyl/N-ethyl adjacent to an activating group) is 1. The van der Waals surface area contributed by atoms with Gasteiger partial charge in [0, 0.05) is 20.1 Å². The zero-order valence-corrected chi connectivity index (χ0v) is 11.9. The second kappa shape index (κ2) is 5.48. The van der Waals surface area contributed by atoms with E-state index in [0.29, 0.717) is 19.5 Å². The molecule has 2 atom stereocenters. The van der Waals surface area contributed by atoms with Crippen LogP contribution in [0.2, 0.25) is 0 Å². The average molecular weight is 319 g/mol. The molecule has 17 heavy (non-hydrogen) atoms. The zero-order chi connectivity index (χ0) is 12.4. The van der Waals surface area contributed by atoms with Crippen LogP contribution < -0.4 is 5.32 Å². The van der Waals surface area contributed by atoms with Gasteiger partial charge in [0.1, 0.15) is 0 Å². The van der Waals surface area contributed by atoms with Crippen molar-refractivity contribution in [2.24, 2.45) is 0 Å². The molecule has 1 saturated heterocycles. The maximum absolute atomic E-state index is 12.0. The van der Waals surface area contributed by atoms with Crippen molar-refractivity contribution in [3.8, 4) is 0 Å². The van der Waals surface area contributed by atoms with E-state index in [2.05, 4.69) is 21.2 Å². The summed E-state index contributed by atoms with van der Waals surface area (Å²) in [7, 11) is 1.79. The lowest BCUT2D eigenvalue weighted by molar-refractivity contribution is -0.132. The van der Waals surface area contributed by atoms with Crippen LogP contribution in [-0.4, -0.2) is 41.7 Å². The fourth-order valence-corrected chi connectivity index (χ4v) is 3.15. The molecule has 0 spiro atoms. The van der Waals surface area contributed by atoms with E-state index in [4.69, 9.17) is 0 Å². The largest absolute Gasteiger partial charge is 0.392 e. The predicted octanol–water partition coefficient (Wildman–Crippen LogP) is 1.19. The lowest BCUT2D eigenvalue weighted by atomic mass is 10.2. The monoisotopic (exact) mass is 318 g/mol. The van der Waals surface area contributed by atoms with Crippen molar-refractivity contribution in [2.75, 3.05) is 13.6 Å². The second-order valence-corrected chi connectivity index (χ2v) is 6.59. The normalized spacial score (nSPS) is 23.9. The van der Waals surface area contributed by atoms with E-state index < -0.39 is 6.10 Å². The summed E-state index contributed by atoms with van der Waals surface area (Å²) in [5.74, 6) is 0.0453. The van der Waals surface area contributed by atoms with Gasteiger partial charge in [-0.25, -0.2) is 0 Å². The molecule has 2 heterocycles. The van der Waals surface area contributed by atoms with Crippen LogP contribution in [0, 0.1) is 0 Å². The summed E-state index contributed by atoms with van der Waals surface area (Å²) < 4.78 is 1.07. The number of hydrogen-bond donors (Lipinski definition) is 2. The summed E-state index contributed by atoms with van der Waals surface area (Å²) >= 11 is 5.02. The van der Waals surface area contributed by atoms with E-state index in [-0.39, 0.29) is 11.9 Å². The molecule has 1 aliphatic rings. The van der Waals surface area contributed by atoms with E-state index in [0.717, 1.165) is 9.35 Å². The fourth-order valence-electron chi connectivity index (χ4n) is 1.95. The van der Waals surface area contributed by atoms with Crippen molar-refractivity contribution in [1.82, 2.24) is 10.2 Å². The Morgan fingerprint density at radius 3 is 3.06 bits per heavy atom. The Kier molecular flexibility index (Phi) is 4.19. The van der Waals surface area contributed by atoms with E-state index in [1.807, 2.05) is 11.4 Å². The summed E-state index contributed by atoms with van der Waals surface area (Å²) in [6.07, 6.45) is 0.115. The van der Waals surface area contributed by atoms with Crippen LogP contribution in [0.3, 0.4) is 0 Å². The third kappa shape index (κ3) is 3.28. The van der Waals surface area contributed by atoms with Crippen molar-refractivity contribution in [1.29, 1.82) is 0 Å². The Labute approximate surface area is 113 Å². The van der Waals surface area contributed by atoms with Crippen LogP contribution in [0.1, 0.15) is 12.0 Å². The van der Waals surface area contributed by atoms with Crippen molar-refractivity contribution >= 4 is 33.2 Å². The molecule has 6 heteroatoms. The number of nitrogens with one attached hydrogen (secondary N) is 1. The van der Waals surface area contributed by atoms with Crippen LogP contribution in [0.5, 0.6) is 0 Å². The molecule has 0 unspecified atom stereocenters. The first-order chi connectivity index (χ1) is 8.06. The van der Waals surface area contributed by atoms with Gasteiger partial charge >= 0.3 is 0 Å². The maximum atomic E-state index is 12.0. The van der Waals surface area contributed by atoms with E-state index in [1.165, 1.54) is 0 Å². The molecule has 0 aliphatic carbocycles. The molecule has 0 radical (unpaired) electrons. The SMILES string of the molecule is CN(Cc1csc(Br)c1)C(=O)[C@H]1C[C@@H](O)CN1. The minimum atomic E-state index is -0.396. The van der Waals surface area contributed by atoms with Crippen molar-refractivity contribution in [3.63, 3.8) is 0 Å². The number of thiophene rings is 1. The van der Waals surface area contributed by atoms with Crippen molar-refractivity contribution in [2.45, 2.75) is 25.1 Å². The van der Waals surface area contributed by atoms with Crippen LogP contribution >= 0.6 is 27.3 Å². The molecular formula is C11H15BrN2O2S. The molecule has 0 aromatic carbocycles. The Morgan fingerprint density at radius 1 is 1.76 bits per heavy atom. The smallest absolute Gasteiger partial charge is 0.239 e. The zero-order valence-electron chi connectivity index (χ0n) is 9.52. The standard InChI is InChI=1S/C11H15BrN2O2S/c1-14(5-7-2-10(12)17-6-7)11(16)9-3-8(15)4-13-9/h2,6,8-9,13,15H,3-5H2,1H3/t8-,9-/m1/s1. The summed E-state index contributed by atoms with van der Waals surface area (Å²) in [5.41, 5.74) is 1.12. The Hall–Kier alpha value is -0.430. The van der Waals surface area contributed by atoms with Gasteiger partial charge in [-0.15, -0.1) is 11.3 Å². The Bertz CT molecular complexity index is 410. The van der Waals surface area contributed by atoms with Gasteiger partial charge < -0.3 is 15.3 Å². The number of halogens is 1. The highest BCUT2D eigenvalue weighted by atomic mass is 79.9. The number of nitrogens with zero attached hydrogens (tertiary/aromatic N) is 1. The number of carbonyl (C=O) groups is 1. The first-order valence-corrected chi connectivity index (χ1v) is 7.13. The summed E-state index contributed by atoms with van der Waals surface area (Å²) in [4.78, 5) is 13.7. The van der Waals surface area contributed by atoms with E-state index in [1.54, 1.807) is 23.3 Å². The number of rotatable bonds is 3. The fraction of sp³-hybridized carbons (Fsp3) is 0.545. The van der Waals surface area contributed by atoms with Crippen LogP contribution in [-0.2, 0) is 11.3 Å². The van der Waals surface area contributed by atoms with E-state index in [9.17, 15) is 9.90 Å². The topological polar surface area (TPSA) is 52.6 Å². The molecule has 1 fully saturated rings. The van der Waals surface area contributed by atoms with E-state index >= 15 is 0 Å². The molecule has 0 bridgehead atoms. The first-order valence-electron chi connectivity index (χ1n) is 5.45. The van der Waals surface area contributed by atoms with Crippen molar-refractivity contribution < 1.29 is 9.90 Å². The number of carbonyl (C=O) groups excluding carboxylic acids is 1. The lowest BCUT2D eigenvalue weighted by Crippen LogP contribution is -2.41. The summed E-state index contributed by atoms with van der Waals surface area (Å²) in [6.45, 7) is 1.11. The van der Waals surface area contributed by atoms with Gasteiger partial charge in [0.2, 0.25) is 5.91 Å². The van der Waals surface area contributed by atoms with Gasteiger partial charge in [0.05, 0.1) is 15.9 Å². The number of aliphatic hydroxyl groups excluding tert-OH is 1. The van der Waals surface area contributed by atoms with Gasteiger partial charge in [0.25, 0.3) is 0 Å². The van der Waals surface area contributed by atoms with Crippen LogP contribution in [0.25, 0.3) is 0 Å². The second-order valence-electron chi connectivity index (χ2n) is 4.30. The number of β-amino-alcohol motifs (C(OH)–C–C–N with tert-alkyl or cyclic N) is 1. The number of aliphatic hydroxyl groups is 1. The summed E-state index contributed by atoms with van der Waals surface area (Å²) in [5, 5.41) is 14.4. The molecule has 2 N–H and O–H groups in total. The molecule has 1 aliphatic heterocycles. The maximum Gasteiger partial charge on any atom is 0.239 e. The van der Waals surface area contributed by atoms with Crippen molar-refractivity contribution in [3.05, 3.63) is 20.8 Å². The molecular weight excluding hydrogens is 304 g/mol. The number of hydrogen-bond acceptors (Lipinski definition) is 4. The molecule has 1 aromatic rings. The molecule has 4 nitrogen and oxygen atoms in total. The first kappa shape index (κ1) is 13.0. The minimum Gasteiger partial charge on any atom is -0.392 e. The average Bonchev–Trinajstić information content (AvgIpc) is 2.87. The Balaban J connectivity index is 1.91. The molecule has 1 aromatic heterocycles. The molecule has 0 saturated carbocycles. The van der Waals surface area contributed by atoms with Gasteiger partial charge in [-0.05, 0) is 39.4 Å². The molecule has 2 rings (SSSR count). The highest BCUT2D eigenvalue weighted by molar-refractivity contribution is 9.11. The summed E-state index contributed by atoms with van der Waals surface area (Å²) in [6, 6.07) is 1.78. The minimum absolute atomic E-state index is 0.0453. The Morgan fingerprint density at radius 2 is 2.53 bits per heavy atom.